The smallest absolute Gasteiger partial charge is 0.308 e. The van der Waals surface area contributed by atoms with Gasteiger partial charge in [0.1, 0.15) is 6.61 Å². The van der Waals surface area contributed by atoms with Gasteiger partial charge in [0.05, 0.1) is 12.5 Å². The number of carbonyl (C=O) groups excluding carboxylic acids is 1. The first-order chi connectivity index (χ1) is 6.57. The van der Waals surface area contributed by atoms with E-state index in [-0.39, 0.29) is 19.0 Å². The number of unbranched alkanes of at least 4 members (excludes halogenated alkanes) is 1. The van der Waals surface area contributed by atoms with Crippen LogP contribution in [0.3, 0.4) is 0 Å². The number of rotatable bonds is 8. The number of hydrogen-bond donors (Lipinski definition) is 1. The Hall–Kier alpha value is -0.900. The standard InChI is InChI=1S/C10H18O4/c1-3-4-5-9(10(12)13)7-14-6-8(2)11/h9H,3-7H2,1-2H3,(H,12,13). The Morgan fingerprint density at radius 1 is 1.43 bits per heavy atom. The molecular formula is C10H18O4. The van der Waals surface area contributed by atoms with Gasteiger partial charge in [-0.05, 0) is 13.3 Å². The van der Waals surface area contributed by atoms with Crippen LogP contribution in [0, 0.1) is 5.92 Å². The van der Waals surface area contributed by atoms with Crippen LogP contribution in [0.4, 0.5) is 0 Å². The average molecular weight is 202 g/mol. The van der Waals surface area contributed by atoms with Crippen LogP contribution in [0.1, 0.15) is 33.1 Å². The van der Waals surface area contributed by atoms with Gasteiger partial charge in [0.15, 0.2) is 5.78 Å². The van der Waals surface area contributed by atoms with E-state index in [0.717, 1.165) is 12.8 Å². The highest BCUT2D eigenvalue weighted by atomic mass is 16.5. The van der Waals surface area contributed by atoms with Gasteiger partial charge in [-0.2, -0.15) is 0 Å². The second-order valence-electron chi connectivity index (χ2n) is 3.39. The summed E-state index contributed by atoms with van der Waals surface area (Å²) in [6, 6.07) is 0. The molecule has 0 saturated heterocycles. The maximum absolute atomic E-state index is 10.7. The zero-order valence-corrected chi connectivity index (χ0v) is 8.78. The summed E-state index contributed by atoms with van der Waals surface area (Å²) in [5.74, 6) is -1.40. The molecule has 0 aromatic heterocycles. The molecule has 0 fully saturated rings. The third kappa shape index (κ3) is 6.60. The molecular weight excluding hydrogens is 184 g/mol. The Labute approximate surface area is 84.3 Å². The topological polar surface area (TPSA) is 63.6 Å². The number of aliphatic carboxylic acids is 1. The molecule has 0 aliphatic carbocycles. The van der Waals surface area contributed by atoms with Crippen LogP contribution < -0.4 is 0 Å². The Bertz CT molecular complexity index is 189. The van der Waals surface area contributed by atoms with Gasteiger partial charge in [0.2, 0.25) is 0 Å². The van der Waals surface area contributed by atoms with Crippen LogP contribution in [0.5, 0.6) is 0 Å². The number of Topliss-reactive ketones (excluding diaryl/α,β-unsaturated/α-hetero) is 1. The summed E-state index contributed by atoms with van der Waals surface area (Å²) in [6.07, 6.45) is 2.46. The number of ketones is 1. The fourth-order valence-corrected chi connectivity index (χ4v) is 1.07. The molecule has 1 N–H and O–H groups in total. The molecule has 0 aromatic carbocycles. The van der Waals surface area contributed by atoms with Crippen molar-refractivity contribution in [1.29, 1.82) is 0 Å². The Morgan fingerprint density at radius 3 is 2.50 bits per heavy atom. The molecule has 82 valence electrons. The molecule has 0 aromatic rings. The second-order valence-corrected chi connectivity index (χ2v) is 3.39. The largest absolute Gasteiger partial charge is 0.481 e. The normalized spacial score (nSPS) is 12.4. The molecule has 0 saturated carbocycles. The van der Waals surface area contributed by atoms with Crippen molar-refractivity contribution in [2.75, 3.05) is 13.2 Å². The van der Waals surface area contributed by atoms with Crippen LogP contribution in [-0.4, -0.2) is 30.1 Å². The van der Waals surface area contributed by atoms with Crippen molar-refractivity contribution in [3.05, 3.63) is 0 Å². The lowest BCUT2D eigenvalue weighted by atomic mass is 10.0. The minimum Gasteiger partial charge on any atom is -0.481 e. The van der Waals surface area contributed by atoms with Gasteiger partial charge < -0.3 is 9.84 Å². The number of ether oxygens (including phenoxy) is 1. The van der Waals surface area contributed by atoms with Crippen LogP contribution in [0.15, 0.2) is 0 Å². The Balaban J connectivity index is 3.73. The SMILES string of the molecule is CCCCC(COCC(C)=O)C(=O)O. The summed E-state index contributed by atoms with van der Waals surface area (Å²) in [6.45, 7) is 3.57. The van der Waals surface area contributed by atoms with Crippen LogP contribution in [0.2, 0.25) is 0 Å². The van der Waals surface area contributed by atoms with Gasteiger partial charge >= 0.3 is 5.97 Å². The van der Waals surface area contributed by atoms with Crippen molar-refractivity contribution >= 4 is 11.8 Å². The van der Waals surface area contributed by atoms with Gasteiger partial charge in [-0.3, -0.25) is 9.59 Å². The molecule has 0 heterocycles. The van der Waals surface area contributed by atoms with Crippen LogP contribution >= 0.6 is 0 Å². The summed E-state index contributed by atoms with van der Waals surface area (Å²) in [4.78, 5) is 21.3. The third-order valence-corrected chi connectivity index (χ3v) is 1.88. The minimum absolute atomic E-state index is 0.00983. The van der Waals surface area contributed by atoms with Crippen LogP contribution in [-0.2, 0) is 14.3 Å². The van der Waals surface area contributed by atoms with E-state index >= 15 is 0 Å². The van der Waals surface area contributed by atoms with Crippen molar-refractivity contribution in [2.45, 2.75) is 33.1 Å². The maximum atomic E-state index is 10.7. The van der Waals surface area contributed by atoms with Crippen molar-refractivity contribution in [1.82, 2.24) is 0 Å². The van der Waals surface area contributed by atoms with E-state index in [9.17, 15) is 9.59 Å². The van der Waals surface area contributed by atoms with E-state index in [1.54, 1.807) is 0 Å². The maximum Gasteiger partial charge on any atom is 0.308 e. The molecule has 0 aliphatic rings. The summed E-state index contributed by atoms with van der Waals surface area (Å²) in [7, 11) is 0. The van der Waals surface area contributed by atoms with E-state index in [2.05, 4.69) is 0 Å². The third-order valence-electron chi connectivity index (χ3n) is 1.88. The first-order valence-corrected chi connectivity index (χ1v) is 4.88. The van der Waals surface area contributed by atoms with Gasteiger partial charge in [0.25, 0.3) is 0 Å². The highest BCUT2D eigenvalue weighted by Crippen LogP contribution is 2.09. The number of carboxylic acids is 1. The van der Waals surface area contributed by atoms with Gasteiger partial charge in [0, 0.05) is 0 Å². The fraction of sp³-hybridized carbons (Fsp3) is 0.800. The molecule has 0 rings (SSSR count). The van der Waals surface area contributed by atoms with E-state index in [4.69, 9.17) is 9.84 Å². The first kappa shape index (κ1) is 13.1. The number of carboxylic acid groups (broad SMARTS) is 1. The lowest BCUT2D eigenvalue weighted by Gasteiger charge is -2.11. The van der Waals surface area contributed by atoms with Gasteiger partial charge in [-0.1, -0.05) is 19.8 Å². The van der Waals surface area contributed by atoms with E-state index < -0.39 is 11.9 Å². The second kappa shape index (κ2) is 7.50. The highest BCUT2D eigenvalue weighted by molar-refractivity contribution is 5.76. The van der Waals surface area contributed by atoms with E-state index in [1.165, 1.54) is 6.92 Å². The summed E-state index contributed by atoms with van der Waals surface area (Å²) < 4.78 is 4.99. The van der Waals surface area contributed by atoms with Crippen molar-refractivity contribution in [3.8, 4) is 0 Å². The molecule has 0 radical (unpaired) electrons. The molecule has 1 atom stereocenters. The first-order valence-electron chi connectivity index (χ1n) is 4.88. The number of hydrogen-bond acceptors (Lipinski definition) is 3. The predicted molar refractivity (Wildman–Crippen MR) is 52.2 cm³/mol. The minimum atomic E-state index is -0.845. The predicted octanol–water partition coefficient (Wildman–Crippen LogP) is 1.48. The van der Waals surface area contributed by atoms with E-state index in [1.807, 2.05) is 6.92 Å². The average Bonchev–Trinajstić information content (AvgIpc) is 2.09. The van der Waals surface area contributed by atoms with Gasteiger partial charge in [-0.15, -0.1) is 0 Å². The Morgan fingerprint density at radius 2 is 2.07 bits per heavy atom. The lowest BCUT2D eigenvalue weighted by Crippen LogP contribution is -2.21. The fourth-order valence-electron chi connectivity index (χ4n) is 1.07. The van der Waals surface area contributed by atoms with Gasteiger partial charge in [-0.25, -0.2) is 0 Å². The quantitative estimate of drug-likeness (QED) is 0.647. The molecule has 14 heavy (non-hydrogen) atoms. The molecule has 0 amide bonds. The molecule has 0 bridgehead atoms. The monoisotopic (exact) mass is 202 g/mol. The highest BCUT2D eigenvalue weighted by Gasteiger charge is 2.16. The van der Waals surface area contributed by atoms with Crippen LogP contribution in [0.25, 0.3) is 0 Å². The zero-order valence-electron chi connectivity index (χ0n) is 8.78. The molecule has 0 aliphatic heterocycles. The number of carbonyl (C=O) groups is 2. The molecule has 4 heteroatoms. The molecule has 1 unspecified atom stereocenters. The van der Waals surface area contributed by atoms with Crippen molar-refractivity contribution in [3.63, 3.8) is 0 Å². The summed E-state index contributed by atoms with van der Waals surface area (Å²) >= 11 is 0. The summed E-state index contributed by atoms with van der Waals surface area (Å²) in [5, 5.41) is 8.80. The summed E-state index contributed by atoms with van der Waals surface area (Å²) in [5.41, 5.74) is 0. The van der Waals surface area contributed by atoms with Crippen molar-refractivity contribution in [2.24, 2.45) is 5.92 Å². The van der Waals surface area contributed by atoms with Crippen molar-refractivity contribution < 1.29 is 19.4 Å². The Kier molecular flexibility index (Phi) is 7.02. The lowest BCUT2D eigenvalue weighted by molar-refractivity contribution is -0.145. The van der Waals surface area contributed by atoms with E-state index in [0.29, 0.717) is 6.42 Å². The molecule has 0 spiro atoms. The zero-order chi connectivity index (χ0) is 11.0. The molecule has 4 nitrogen and oxygen atoms in total.